The predicted octanol–water partition coefficient (Wildman–Crippen LogP) is 5.97. The molecule has 4 aliphatic rings. The third-order valence-electron chi connectivity index (χ3n) is 11.6. The number of fused-ring (bicyclic) bond motifs is 5. The molecule has 0 amide bonds. The van der Waals surface area contributed by atoms with Crippen molar-refractivity contribution in [1.29, 1.82) is 0 Å². The zero-order chi connectivity index (χ0) is 27.7. The molecule has 9 atom stereocenters. The van der Waals surface area contributed by atoms with Gasteiger partial charge in [-0.25, -0.2) is 0 Å². The summed E-state index contributed by atoms with van der Waals surface area (Å²) in [5.74, 6) is 1.76. The summed E-state index contributed by atoms with van der Waals surface area (Å²) in [6.45, 7) is 6.99. The van der Waals surface area contributed by atoms with Crippen LogP contribution in [-0.4, -0.2) is 42.0 Å². The van der Waals surface area contributed by atoms with Gasteiger partial charge in [-0.3, -0.25) is 19.2 Å². The van der Waals surface area contributed by atoms with Crippen LogP contribution in [0.4, 0.5) is 0 Å². The number of esters is 2. The minimum absolute atomic E-state index is 0.0680. The molecule has 0 aromatic carbocycles. The fourth-order valence-electron chi connectivity index (χ4n) is 9.53. The van der Waals surface area contributed by atoms with E-state index < -0.39 is 5.97 Å². The molecule has 0 saturated heterocycles. The average molecular weight is 533 g/mol. The quantitative estimate of drug-likeness (QED) is 0.273. The van der Waals surface area contributed by atoms with Crippen molar-refractivity contribution in [2.45, 2.75) is 117 Å². The number of hydrogen-bond acceptors (Lipinski definition) is 6. The molecular weight excluding hydrogens is 484 g/mol. The molecule has 1 N–H and O–H groups in total. The monoisotopic (exact) mass is 532 g/mol. The van der Waals surface area contributed by atoms with Gasteiger partial charge in [0, 0.05) is 37.5 Å². The van der Waals surface area contributed by atoms with Gasteiger partial charge in [0.2, 0.25) is 0 Å². The Bertz CT molecular complexity index is 914. The summed E-state index contributed by atoms with van der Waals surface area (Å²) < 4.78 is 11.3. The van der Waals surface area contributed by atoms with E-state index in [2.05, 4.69) is 20.8 Å². The summed E-state index contributed by atoms with van der Waals surface area (Å²) >= 11 is 0. The van der Waals surface area contributed by atoms with Crippen LogP contribution in [0.25, 0.3) is 0 Å². The van der Waals surface area contributed by atoms with Crippen molar-refractivity contribution in [2.75, 3.05) is 7.11 Å². The van der Waals surface area contributed by atoms with Gasteiger partial charge in [0.1, 0.15) is 11.9 Å². The van der Waals surface area contributed by atoms with Crippen LogP contribution in [0.1, 0.15) is 111 Å². The van der Waals surface area contributed by atoms with E-state index in [1.807, 2.05) is 0 Å². The summed E-state index contributed by atoms with van der Waals surface area (Å²) in [7, 11) is 1.43. The lowest BCUT2D eigenvalue weighted by molar-refractivity contribution is -0.195. The maximum atomic E-state index is 13.1. The molecule has 0 aromatic heterocycles. The van der Waals surface area contributed by atoms with Gasteiger partial charge in [-0.1, -0.05) is 20.8 Å². The Balaban J connectivity index is 1.57. The molecular formula is C31H48O7. The Morgan fingerprint density at radius 2 is 1.74 bits per heavy atom. The normalized spacial score (nSPS) is 38.9. The van der Waals surface area contributed by atoms with Crippen LogP contribution in [-0.2, 0) is 28.7 Å². The van der Waals surface area contributed by atoms with E-state index in [0.717, 1.165) is 44.9 Å². The predicted molar refractivity (Wildman–Crippen MR) is 142 cm³/mol. The van der Waals surface area contributed by atoms with Gasteiger partial charge in [-0.05, 0) is 98.7 Å². The van der Waals surface area contributed by atoms with Gasteiger partial charge in [0.15, 0.2) is 0 Å². The molecule has 1 unspecified atom stereocenters. The van der Waals surface area contributed by atoms with Crippen LogP contribution in [0.2, 0.25) is 0 Å². The first-order valence-electron chi connectivity index (χ1n) is 15.0. The highest BCUT2D eigenvalue weighted by molar-refractivity contribution is 5.79. The van der Waals surface area contributed by atoms with Crippen LogP contribution in [0.5, 0.6) is 0 Å². The third-order valence-corrected chi connectivity index (χ3v) is 11.6. The summed E-state index contributed by atoms with van der Waals surface area (Å²) in [4.78, 5) is 48.2. The topological polar surface area (TPSA) is 107 Å². The molecule has 0 spiro atoms. The van der Waals surface area contributed by atoms with Crippen molar-refractivity contribution < 1.29 is 33.8 Å². The SMILES string of the molecule is COC(=O)CC[C@@H](C)[C@H]1CC[C@H]2[C@@H]3CCC4CC(=O)CC[C@]4(C)[C@H]3C[C@H](OC(=O)CCCCC(=O)O)[C@]12C. The summed E-state index contributed by atoms with van der Waals surface area (Å²) in [5, 5.41) is 8.93. The number of methoxy groups -OCH3 is 1. The lowest BCUT2D eigenvalue weighted by Crippen LogP contribution is -2.59. The van der Waals surface area contributed by atoms with E-state index in [4.69, 9.17) is 14.6 Å². The highest BCUT2D eigenvalue weighted by atomic mass is 16.5. The van der Waals surface area contributed by atoms with Crippen LogP contribution >= 0.6 is 0 Å². The smallest absolute Gasteiger partial charge is 0.306 e. The molecule has 38 heavy (non-hydrogen) atoms. The lowest BCUT2D eigenvalue weighted by atomic mass is 9.43. The number of carboxylic acid groups (broad SMARTS) is 1. The van der Waals surface area contributed by atoms with Crippen molar-refractivity contribution in [1.82, 2.24) is 0 Å². The zero-order valence-electron chi connectivity index (χ0n) is 23.8. The minimum atomic E-state index is -0.840. The second-order valence-corrected chi connectivity index (χ2v) is 13.4. The van der Waals surface area contributed by atoms with Crippen LogP contribution in [0.15, 0.2) is 0 Å². The molecule has 7 heteroatoms. The van der Waals surface area contributed by atoms with Gasteiger partial charge in [-0.2, -0.15) is 0 Å². The standard InChI is InChI=1S/C31H48O7/c1-19(9-14-28(35)37-4)23-12-13-24-22-11-10-20-17-21(32)15-16-30(20,2)25(22)18-26(31(23,24)3)38-29(36)8-6-5-7-27(33)34/h19-20,22-26H,5-18H2,1-4H3,(H,33,34)/t19-,20?,22+,23-,24+,25+,26+,30+,31-/m1/s1. The summed E-state index contributed by atoms with van der Waals surface area (Å²) in [5.41, 5.74) is -0.0417. The molecule has 4 saturated carbocycles. The van der Waals surface area contributed by atoms with E-state index in [0.29, 0.717) is 73.4 Å². The van der Waals surface area contributed by atoms with Crippen molar-refractivity contribution in [3.63, 3.8) is 0 Å². The second-order valence-electron chi connectivity index (χ2n) is 13.4. The van der Waals surface area contributed by atoms with Gasteiger partial charge in [0.25, 0.3) is 0 Å². The number of carbonyl (C=O) groups is 4. The highest BCUT2D eigenvalue weighted by Crippen LogP contribution is 2.68. The number of aliphatic carboxylic acids is 1. The molecule has 4 rings (SSSR count). The molecule has 0 heterocycles. The van der Waals surface area contributed by atoms with Gasteiger partial charge in [0.05, 0.1) is 7.11 Å². The zero-order valence-corrected chi connectivity index (χ0v) is 23.8. The Kier molecular flexibility index (Phi) is 8.93. The van der Waals surface area contributed by atoms with Crippen molar-refractivity contribution in [3.8, 4) is 0 Å². The van der Waals surface area contributed by atoms with Gasteiger partial charge in [-0.15, -0.1) is 0 Å². The van der Waals surface area contributed by atoms with Crippen LogP contribution in [0.3, 0.4) is 0 Å². The maximum Gasteiger partial charge on any atom is 0.306 e. The van der Waals surface area contributed by atoms with E-state index in [-0.39, 0.29) is 41.7 Å². The van der Waals surface area contributed by atoms with E-state index in [9.17, 15) is 19.2 Å². The van der Waals surface area contributed by atoms with Gasteiger partial charge >= 0.3 is 17.9 Å². The molecule has 214 valence electrons. The molecule has 7 nitrogen and oxygen atoms in total. The Labute approximate surface area is 227 Å². The number of ether oxygens (including phenoxy) is 2. The number of carbonyl (C=O) groups excluding carboxylic acids is 3. The molecule has 4 aliphatic carbocycles. The van der Waals surface area contributed by atoms with Gasteiger partial charge < -0.3 is 14.6 Å². The fourth-order valence-corrected chi connectivity index (χ4v) is 9.53. The first kappa shape index (κ1) is 29.1. The third kappa shape index (κ3) is 5.54. The van der Waals surface area contributed by atoms with E-state index in [1.165, 1.54) is 7.11 Å². The molecule has 0 aromatic rings. The highest BCUT2D eigenvalue weighted by Gasteiger charge is 2.65. The number of Topliss-reactive ketones (excluding diaryl/α,β-unsaturated/α-hetero) is 1. The Hall–Kier alpha value is -1.92. The van der Waals surface area contributed by atoms with Crippen LogP contribution in [0, 0.1) is 46.3 Å². The number of rotatable bonds is 10. The lowest BCUT2D eigenvalue weighted by Gasteiger charge is -2.62. The molecule has 4 fully saturated rings. The minimum Gasteiger partial charge on any atom is -0.481 e. The first-order chi connectivity index (χ1) is 18.0. The average Bonchev–Trinajstić information content (AvgIpc) is 3.24. The molecule has 0 aliphatic heterocycles. The number of unbranched alkanes of at least 4 members (excludes halogenated alkanes) is 1. The van der Waals surface area contributed by atoms with Crippen molar-refractivity contribution in [2.24, 2.45) is 46.3 Å². The number of carboxylic acids is 1. The molecule has 0 radical (unpaired) electrons. The maximum absolute atomic E-state index is 13.1. The second kappa shape index (κ2) is 11.7. The Morgan fingerprint density at radius 1 is 1.00 bits per heavy atom. The number of hydrogen-bond donors (Lipinski definition) is 1. The largest absolute Gasteiger partial charge is 0.481 e. The molecule has 0 bridgehead atoms. The summed E-state index contributed by atoms with van der Waals surface area (Å²) in [6.07, 6.45) is 9.91. The van der Waals surface area contributed by atoms with Crippen molar-refractivity contribution in [3.05, 3.63) is 0 Å². The Morgan fingerprint density at radius 3 is 2.45 bits per heavy atom. The van der Waals surface area contributed by atoms with E-state index in [1.54, 1.807) is 0 Å². The number of ketones is 1. The van der Waals surface area contributed by atoms with E-state index >= 15 is 0 Å². The first-order valence-corrected chi connectivity index (χ1v) is 15.0. The fraction of sp³-hybridized carbons (Fsp3) is 0.871. The van der Waals surface area contributed by atoms with Crippen molar-refractivity contribution >= 4 is 23.7 Å². The summed E-state index contributed by atoms with van der Waals surface area (Å²) in [6, 6.07) is 0. The van der Waals surface area contributed by atoms with Crippen LogP contribution < -0.4 is 0 Å².